The first-order valence-corrected chi connectivity index (χ1v) is 4.68. The third kappa shape index (κ3) is 1.06. The Balaban J connectivity index is 2.12. The molecule has 1 saturated carbocycles. The molecule has 1 aliphatic carbocycles. The van der Waals surface area contributed by atoms with Crippen LogP contribution >= 0.6 is 0 Å². The van der Waals surface area contributed by atoms with Gasteiger partial charge in [-0.2, -0.15) is 0 Å². The fourth-order valence-corrected chi connectivity index (χ4v) is 1.87. The van der Waals surface area contributed by atoms with Crippen LogP contribution in [-0.4, -0.2) is 11.0 Å². The van der Waals surface area contributed by atoms with Crippen molar-refractivity contribution in [3.05, 3.63) is 36.0 Å². The van der Waals surface area contributed by atoms with E-state index in [1.54, 1.807) is 0 Å². The average molecular weight is 172 g/mol. The van der Waals surface area contributed by atoms with E-state index < -0.39 is 0 Å². The van der Waals surface area contributed by atoms with Crippen LogP contribution in [0.3, 0.4) is 0 Å². The van der Waals surface area contributed by atoms with Crippen LogP contribution in [0.2, 0.25) is 0 Å². The third-order valence-electron chi connectivity index (χ3n) is 2.79. The lowest BCUT2D eigenvalue weighted by atomic mass is 10.2. The van der Waals surface area contributed by atoms with Crippen LogP contribution in [0, 0.1) is 0 Å². The normalized spacial score (nSPS) is 26.5. The minimum absolute atomic E-state index is 0.382. The summed E-state index contributed by atoms with van der Waals surface area (Å²) in [4.78, 5) is 3.41. The highest BCUT2D eigenvalue weighted by molar-refractivity contribution is 5.80. The monoisotopic (exact) mass is 172 g/mol. The van der Waals surface area contributed by atoms with E-state index in [0.29, 0.717) is 12.0 Å². The summed E-state index contributed by atoms with van der Waals surface area (Å²) in [6, 6.07) is 10.9. The maximum atomic E-state index is 5.80. The van der Waals surface area contributed by atoms with Crippen molar-refractivity contribution in [3.8, 4) is 0 Å². The van der Waals surface area contributed by atoms with Crippen molar-refractivity contribution in [2.24, 2.45) is 5.73 Å². The van der Waals surface area contributed by atoms with Gasteiger partial charge < -0.3 is 10.7 Å². The summed E-state index contributed by atoms with van der Waals surface area (Å²) in [6.45, 7) is 0. The number of rotatable bonds is 1. The Hall–Kier alpha value is -1.28. The molecule has 2 heteroatoms. The number of para-hydroxylation sites is 1. The van der Waals surface area contributed by atoms with E-state index in [4.69, 9.17) is 5.73 Å². The Morgan fingerprint density at radius 2 is 2.08 bits per heavy atom. The number of hydrogen-bond donors (Lipinski definition) is 2. The molecule has 1 fully saturated rings. The van der Waals surface area contributed by atoms with Gasteiger partial charge in [0.25, 0.3) is 0 Å². The molecule has 3 N–H and O–H groups in total. The first-order chi connectivity index (χ1) is 6.34. The Bertz CT molecular complexity index is 411. The molecule has 1 aromatic heterocycles. The van der Waals surface area contributed by atoms with E-state index in [-0.39, 0.29) is 0 Å². The minimum atomic E-state index is 0.382. The summed E-state index contributed by atoms with van der Waals surface area (Å²) in [5.74, 6) is 0.576. The van der Waals surface area contributed by atoms with Crippen LogP contribution < -0.4 is 5.73 Å². The molecule has 1 heterocycles. The van der Waals surface area contributed by atoms with E-state index in [0.717, 1.165) is 6.42 Å². The molecule has 0 saturated heterocycles. The maximum Gasteiger partial charge on any atom is 0.0456 e. The first kappa shape index (κ1) is 7.15. The number of hydrogen-bond acceptors (Lipinski definition) is 1. The van der Waals surface area contributed by atoms with E-state index in [2.05, 4.69) is 35.3 Å². The zero-order chi connectivity index (χ0) is 8.84. The lowest BCUT2D eigenvalue weighted by Crippen LogP contribution is -2.00. The Labute approximate surface area is 76.8 Å². The smallest absolute Gasteiger partial charge is 0.0456 e. The molecule has 0 bridgehead atoms. The molecular weight excluding hydrogens is 160 g/mol. The van der Waals surface area contributed by atoms with Crippen LogP contribution in [0.1, 0.15) is 18.0 Å². The van der Waals surface area contributed by atoms with Gasteiger partial charge in [0.2, 0.25) is 0 Å². The van der Waals surface area contributed by atoms with Gasteiger partial charge in [0.1, 0.15) is 0 Å². The van der Waals surface area contributed by atoms with Gasteiger partial charge in [-0.1, -0.05) is 18.2 Å². The standard InChI is InChI=1S/C11H12N2/c12-9-6-8(9)11-5-7-3-1-2-4-10(7)13-11/h1-5,8-9,13H,6,12H2/t8-,9-/m1/s1. The molecule has 3 rings (SSSR count). The SMILES string of the molecule is N[C@@H]1C[C@H]1c1cc2ccccc2[nH]1. The van der Waals surface area contributed by atoms with Gasteiger partial charge in [0, 0.05) is 23.2 Å². The van der Waals surface area contributed by atoms with Crippen LogP contribution in [0.25, 0.3) is 10.9 Å². The second kappa shape index (κ2) is 2.36. The van der Waals surface area contributed by atoms with Crippen molar-refractivity contribution in [2.45, 2.75) is 18.4 Å². The van der Waals surface area contributed by atoms with Gasteiger partial charge in [-0.15, -0.1) is 0 Å². The number of aromatic nitrogens is 1. The van der Waals surface area contributed by atoms with Gasteiger partial charge in [-0.25, -0.2) is 0 Å². The number of nitrogens with two attached hydrogens (primary N) is 1. The highest BCUT2D eigenvalue weighted by atomic mass is 14.8. The Morgan fingerprint density at radius 1 is 1.31 bits per heavy atom. The summed E-state index contributed by atoms with van der Waals surface area (Å²) in [7, 11) is 0. The number of H-pyrrole nitrogens is 1. The van der Waals surface area contributed by atoms with E-state index in [1.807, 2.05) is 0 Å². The highest BCUT2D eigenvalue weighted by Gasteiger charge is 2.35. The van der Waals surface area contributed by atoms with Crippen molar-refractivity contribution in [2.75, 3.05) is 0 Å². The second-order valence-electron chi connectivity index (χ2n) is 3.82. The van der Waals surface area contributed by atoms with Crippen molar-refractivity contribution in [1.82, 2.24) is 4.98 Å². The number of nitrogens with one attached hydrogen (secondary N) is 1. The summed E-state index contributed by atoms with van der Waals surface area (Å²) in [5, 5.41) is 1.29. The molecule has 66 valence electrons. The van der Waals surface area contributed by atoms with Gasteiger partial charge in [-0.3, -0.25) is 0 Å². The predicted octanol–water partition coefficient (Wildman–Crippen LogP) is 1.98. The largest absolute Gasteiger partial charge is 0.358 e. The first-order valence-electron chi connectivity index (χ1n) is 4.68. The number of benzene rings is 1. The van der Waals surface area contributed by atoms with Crippen molar-refractivity contribution in [3.63, 3.8) is 0 Å². The van der Waals surface area contributed by atoms with Crippen molar-refractivity contribution >= 4 is 10.9 Å². The van der Waals surface area contributed by atoms with Gasteiger partial charge in [0.15, 0.2) is 0 Å². The molecular formula is C11H12N2. The lowest BCUT2D eigenvalue weighted by Gasteiger charge is -1.89. The van der Waals surface area contributed by atoms with Gasteiger partial charge >= 0.3 is 0 Å². The molecule has 0 spiro atoms. The maximum absolute atomic E-state index is 5.80. The quantitative estimate of drug-likeness (QED) is 0.678. The minimum Gasteiger partial charge on any atom is -0.358 e. The zero-order valence-corrected chi connectivity index (χ0v) is 7.33. The van der Waals surface area contributed by atoms with Crippen LogP contribution in [0.15, 0.2) is 30.3 Å². The summed E-state index contributed by atoms with van der Waals surface area (Å²) >= 11 is 0. The lowest BCUT2D eigenvalue weighted by molar-refractivity contribution is 0.963. The van der Waals surface area contributed by atoms with Crippen molar-refractivity contribution < 1.29 is 0 Å². The molecule has 0 unspecified atom stereocenters. The highest BCUT2D eigenvalue weighted by Crippen LogP contribution is 2.39. The Morgan fingerprint density at radius 3 is 2.77 bits per heavy atom. The molecule has 2 aromatic rings. The van der Waals surface area contributed by atoms with Crippen LogP contribution in [0.5, 0.6) is 0 Å². The van der Waals surface area contributed by atoms with Gasteiger partial charge in [0.05, 0.1) is 0 Å². The molecule has 0 radical (unpaired) electrons. The topological polar surface area (TPSA) is 41.8 Å². The average Bonchev–Trinajstić information content (AvgIpc) is 2.74. The Kier molecular flexibility index (Phi) is 1.30. The zero-order valence-electron chi connectivity index (χ0n) is 7.33. The fourth-order valence-electron chi connectivity index (χ4n) is 1.87. The number of aromatic amines is 1. The van der Waals surface area contributed by atoms with E-state index in [1.165, 1.54) is 16.6 Å². The molecule has 0 aliphatic heterocycles. The van der Waals surface area contributed by atoms with Gasteiger partial charge in [-0.05, 0) is 23.9 Å². The molecule has 1 aliphatic rings. The van der Waals surface area contributed by atoms with Crippen LogP contribution in [0.4, 0.5) is 0 Å². The molecule has 1 aromatic carbocycles. The molecule has 0 amide bonds. The van der Waals surface area contributed by atoms with Crippen LogP contribution in [-0.2, 0) is 0 Å². The molecule has 13 heavy (non-hydrogen) atoms. The molecule has 2 nitrogen and oxygen atoms in total. The molecule has 2 atom stereocenters. The number of fused-ring (bicyclic) bond motifs is 1. The third-order valence-corrected chi connectivity index (χ3v) is 2.79. The fraction of sp³-hybridized carbons (Fsp3) is 0.273. The summed E-state index contributed by atoms with van der Waals surface area (Å²) < 4.78 is 0. The van der Waals surface area contributed by atoms with E-state index >= 15 is 0 Å². The summed E-state index contributed by atoms with van der Waals surface area (Å²) in [5.41, 5.74) is 8.32. The predicted molar refractivity (Wildman–Crippen MR) is 53.6 cm³/mol. The second-order valence-corrected chi connectivity index (χ2v) is 3.82. The van der Waals surface area contributed by atoms with E-state index in [9.17, 15) is 0 Å². The summed E-state index contributed by atoms with van der Waals surface area (Å²) in [6.07, 6.45) is 1.13. The van der Waals surface area contributed by atoms with Crippen molar-refractivity contribution in [1.29, 1.82) is 0 Å².